The Morgan fingerprint density at radius 1 is 1.26 bits per heavy atom. The standard InChI is InChI=1S/C15H15BrFNO/c16-12-7-11(8-13(17)10-12)9-15(19)5-4-14-3-1-2-6-18-14/h1-3,6-8,10,15,19H,4-5,9H2. The van der Waals surface area contributed by atoms with Crippen LogP contribution in [0.25, 0.3) is 0 Å². The average Bonchev–Trinajstić information content (AvgIpc) is 2.36. The number of aliphatic hydroxyl groups excluding tert-OH is 1. The molecule has 0 saturated carbocycles. The number of aliphatic hydroxyl groups is 1. The largest absolute Gasteiger partial charge is 0.393 e. The summed E-state index contributed by atoms with van der Waals surface area (Å²) in [6, 6.07) is 10.4. The second kappa shape index (κ2) is 6.78. The summed E-state index contributed by atoms with van der Waals surface area (Å²) in [5.41, 5.74) is 1.75. The van der Waals surface area contributed by atoms with Crippen LogP contribution in [0.5, 0.6) is 0 Å². The number of halogens is 2. The van der Waals surface area contributed by atoms with Gasteiger partial charge in [0.1, 0.15) is 5.82 Å². The summed E-state index contributed by atoms with van der Waals surface area (Å²) in [5.74, 6) is -0.290. The predicted molar refractivity (Wildman–Crippen MR) is 76.4 cm³/mol. The number of benzene rings is 1. The third-order valence-electron chi connectivity index (χ3n) is 2.85. The SMILES string of the molecule is OC(CCc1ccccn1)Cc1cc(F)cc(Br)c1. The van der Waals surface area contributed by atoms with Crippen molar-refractivity contribution in [3.05, 3.63) is 64.1 Å². The van der Waals surface area contributed by atoms with E-state index < -0.39 is 6.10 Å². The van der Waals surface area contributed by atoms with Gasteiger partial charge in [-0.2, -0.15) is 0 Å². The summed E-state index contributed by atoms with van der Waals surface area (Å²) in [6.45, 7) is 0. The van der Waals surface area contributed by atoms with Crippen LogP contribution in [0.1, 0.15) is 17.7 Å². The summed E-state index contributed by atoms with van der Waals surface area (Å²) in [5, 5.41) is 9.98. The number of pyridine rings is 1. The summed E-state index contributed by atoms with van der Waals surface area (Å²) in [7, 11) is 0. The molecule has 1 unspecified atom stereocenters. The van der Waals surface area contributed by atoms with Gasteiger partial charge in [0.2, 0.25) is 0 Å². The van der Waals surface area contributed by atoms with Crippen LogP contribution in [0.15, 0.2) is 47.1 Å². The fourth-order valence-electron chi connectivity index (χ4n) is 1.96. The van der Waals surface area contributed by atoms with Crippen LogP contribution in [0, 0.1) is 5.82 Å². The highest BCUT2D eigenvalue weighted by atomic mass is 79.9. The molecule has 4 heteroatoms. The number of aryl methyl sites for hydroxylation is 1. The van der Waals surface area contributed by atoms with E-state index >= 15 is 0 Å². The highest BCUT2D eigenvalue weighted by Gasteiger charge is 2.08. The van der Waals surface area contributed by atoms with Crippen LogP contribution in [0.2, 0.25) is 0 Å². The van der Waals surface area contributed by atoms with E-state index in [1.54, 1.807) is 6.20 Å². The first-order valence-electron chi connectivity index (χ1n) is 6.16. The van der Waals surface area contributed by atoms with E-state index in [-0.39, 0.29) is 5.82 Å². The highest BCUT2D eigenvalue weighted by molar-refractivity contribution is 9.10. The van der Waals surface area contributed by atoms with Gasteiger partial charge in [-0.1, -0.05) is 22.0 Å². The Kier molecular flexibility index (Phi) is 5.05. The van der Waals surface area contributed by atoms with Crippen molar-refractivity contribution in [2.45, 2.75) is 25.4 Å². The molecule has 0 spiro atoms. The molecule has 1 atom stereocenters. The quantitative estimate of drug-likeness (QED) is 0.913. The number of hydrogen-bond acceptors (Lipinski definition) is 2. The van der Waals surface area contributed by atoms with Crippen LogP contribution >= 0.6 is 15.9 Å². The molecule has 19 heavy (non-hydrogen) atoms. The lowest BCUT2D eigenvalue weighted by molar-refractivity contribution is 0.164. The van der Waals surface area contributed by atoms with Gasteiger partial charge in [-0.25, -0.2) is 4.39 Å². The second-order valence-corrected chi connectivity index (χ2v) is 5.41. The summed E-state index contributed by atoms with van der Waals surface area (Å²) < 4.78 is 13.9. The summed E-state index contributed by atoms with van der Waals surface area (Å²) >= 11 is 3.25. The summed E-state index contributed by atoms with van der Waals surface area (Å²) in [4.78, 5) is 4.21. The van der Waals surface area contributed by atoms with Gasteiger partial charge in [0.25, 0.3) is 0 Å². The minimum absolute atomic E-state index is 0.290. The molecule has 0 amide bonds. The van der Waals surface area contributed by atoms with Gasteiger partial charge in [-0.3, -0.25) is 4.98 Å². The minimum atomic E-state index is -0.490. The first kappa shape index (κ1) is 14.2. The van der Waals surface area contributed by atoms with Crippen molar-refractivity contribution >= 4 is 15.9 Å². The lowest BCUT2D eigenvalue weighted by atomic mass is 10.0. The molecule has 0 aliphatic rings. The van der Waals surface area contributed by atoms with Crippen LogP contribution in [-0.2, 0) is 12.8 Å². The van der Waals surface area contributed by atoms with Gasteiger partial charge in [0, 0.05) is 16.4 Å². The normalized spacial score (nSPS) is 12.4. The van der Waals surface area contributed by atoms with E-state index in [9.17, 15) is 9.50 Å². The second-order valence-electron chi connectivity index (χ2n) is 4.50. The Hall–Kier alpha value is -1.26. The van der Waals surface area contributed by atoms with Gasteiger partial charge < -0.3 is 5.11 Å². The van der Waals surface area contributed by atoms with E-state index in [2.05, 4.69) is 20.9 Å². The maximum Gasteiger partial charge on any atom is 0.124 e. The van der Waals surface area contributed by atoms with Crippen LogP contribution < -0.4 is 0 Å². The number of aromatic nitrogens is 1. The van der Waals surface area contributed by atoms with Crippen LogP contribution in [-0.4, -0.2) is 16.2 Å². The molecule has 0 aliphatic carbocycles. The van der Waals surface area contributed by atoms with Gasteiger partial charge in [-0.05, 0) is 55.2 Å². The highest BCUT2D eigenvalue weighted by Crippen LogP contribution is 2.17. The van der Waals surface area contributed by atoms with Gasteiger partial charge in [-0.15, -0.1) is 0 Å². The lowest BCUT2D eigenvalue weighted by Crippen LogP contribution is -2.12. The van der Waals surface area contributed by atoms with Gasteiger partial charge in [0.05, 0.1) is 6.10 Å². The number of hydrogen-bond donors (Lipinski definition) is 1. The maximum atomic E-state index is 13.2. The van der Waals surface area contributed by atoms with E-state index in [0.717, 1.165) is 17.7 Å². The Morgan fingerprint density at radius 2 is 2.11 bits per heavy atom. The van der Waals surface area contributed by atoms with E-state index in [4.69, 9.17) is 0 Å². The summed E-state index contributed by atoms with van der Waals surface area (Å²) in [6.07, 6.45) is 3.04. The van der Waals surface area contributed by atoms with E-state index in [1.165, 1.54) is 12.1 Å². The number of nitrogens with zero attached hydrogens (tertiary/aromatic N) is 1. The average molecular weight is 324 g/mol. The molecule has 1 N–H and O–H groups in total. The predicted octanol–water partition coefficient (Wildman–Crippen LogP) is 3.52. The van der Waals surface area contributed by atoms with E-state index in [0.29, 0.717) is 17.3 Å². The monoisotopic (exact) mass is 323 g/mol. The minimum Gasteiger partial charge on any atom is -0.393 e. The van der Waals surface area contributed by atoms with Crippen LogP contribution in [0.4, 0.5) is 4.39 Å². The molecule has 1 aromatic carbocycles. The molecule has 2 rings (SSSR count). The first-order chi connectivity index (χ1) is 9.13. The van der Waals surface area contributed by atoms with E-state index in [1.807, 2.05) is 24.3 Å². The topological polar surface area (TPSA) is 33.1 Å². The smallest absolute Gasteiger partial charge is 0.124 e. The Morgan fingerprint density at radius 3 is 2.79 bits per heavy atom. The third kappa shape index (κ3) is 4.73. The molecule has 0 bridgehead atoms. The molecule has 1 heterocycles. The molecule has 100 valence electrons. The zero-order valence-corrected chi connectivity index (χ0v) is 12.0. The zero-order valence-electron chi connectivity index (χ0n) is 10.4. The van der Waals surface area contributed by atoms with Gasteiger partial charge >= 0.3 is 0 Å². The molecule has 2 nitrogen and oxygen atoms in total. The lowest BCUT2D eigenvalue weighted by Gasteiger charge is -2.10. The molecule has 0 fully saturated rings. The van der Waals surface area contributed by atoms with Crippen LogP contribution in [0.3, 0.4) is 0 Å². The molecule has 0 radical (unpaired) electrons. The van der Waals surface area contributed by atoms with Gasteiger partial charge in [0.15, 0.2) is 0 Å². The Labute approximate surface area is 120 Å². The fraction of sp³-hybridized carbons (Fsp3) is 0.267. The molecule has 0 aliphatic heterocycles. The molecule has 2 aromatic rings. The zero-order chi connectivity index (χ0) is 13.7. The van der Waals surface area contributed by atoms with Crippen molar-refractivity contribution in [1.82, 2.24) is 4.98 Å². The van der Waals surface area contributed by atoms with Crippen molar-refractivity contribution < 1.29 is 9.50 Å². The Balaban J connectivity index is 1.89. The number of rotatable bonds is 5. The van der Waals surface area contributed by atoms with Crippen molar-refractivity contribution in [2.75, 3.05) is 0 Å². The Bertz CT molecular complexity index is 513. The van der Waals surface area contributed by atoms with Crippen molar-refractivity contribution in [2.24, 2.45) is 0 Å². The molecular weight excluding hydrogens is 309 g/mol. The van der Waals surface area contributed by atoms with Crippen molar-refractivity contribution in [3.63, 3.8) is 0 Å². The molecule has 0 saturated heterocycles. The van der Waals surface area contributed by atoms with Crippen molar-refractivity contribution in [1.29, 1.82) is 0 Å². The molecule has 1 aromatic heterocycles. The maximum absolute atomic E-state index is 13.2. The first-order valence-corrected chi connectivity index (χ1v) is 6.96. The van der Waals surface area contributed by atoms with Crippen molar-refractivity contribution in [3.8, 4) is 0 Å². The third-order valence-corrected chi connectivity index (χ3v) is 3.31. The molecular formula is C15H15BrFNO. The fourth-order valence-corrected chi connectivity index (χ4v) is 2.48.